The van der Waals surface area contributed by atoms with Crippen molar-refractivity contribution < 1.29 is 19.4 Å². The van der Waals surface area contributed by atoms with E-state index in [2.05, 4.69) is 5.32 Å². The van der Waals surface area contributed by atoms with Gasteiger partial charge in [-0.05, 0) is 60.7 Å². The van der Waals surface area contributed by atoms with E-state index in [1.807, 2.05) is 0 Å². The zero-order valence-corrected chi connectivity index (χ0v) is 13.2. The molecule has 5 nitrogen and oxygen atoms in total. The predicted octanol–water partition coefficient (Wildman–Crippen LogP) is 4.25. The van der Waals surface area contributed by atoms with Crippen LogP contribution in [0.15, 0.2) is 72.8 Å². The van der Waals surface area contributed by atoms with Crippen molar-refractivity contribution in [3.63, 3.8) is 0 Å². The normalized spacial score (nSPS) is 10.1. The van der Waals surface area contributed by atoms with Gasteiger partial charge in [0.2, 0.25) is 0 Å². The summed E-state index contributed by atoms with van der Waals surface area (Å²) in [4.78, 5) is 22.8. The Morgan fingerprint density at radius 1 is 0.920 bits per heavy atom. The molecular weight excluding hydrogens is 318 g/mol. The van der Waals surface area contributed by atoms with Crippen LogP contribution in [0.1, 0.15) is 20.7 Å². The summed E-state index contributed by atoms with van der Waals surface area (Å²) in [6.07, 6.45) is 0.768. The van der Waals surface area contributed by atoms with Gasteiger partial charge in [0.05, 0.1) is 0 Å². The average Bonchev–Trinajstić information content (AvgIpc) is 2.63. The van der Waals surface area contributed by atoms with E-state index in [0.717, 1.165) is 6.29 Å². The van der Waals surface area contributed by atoms with Crippen molar-refractivity contribution in [2.24, 2.45) is 0 Å². The maximum absolute atomic E-state index is 12.2. The number of aromatic hydroxyl groups is 1. The third-order valence-corrected chi connectivity index (χ3v) is 3.47. The summed E-state index contributed by atoms with van der Waals surface area (Å²) in [7, 11) is 0. The molecule has 0 aliphatic carbocycles. The molecule has 0 fully saturated rings. The van der Waals surface area contributed by atoms with Crippen molar-refractivity contribution in [3.8, 4) is 17.2 Å². The van der Waals surface area contributed by atoms with E-state index in [1.165, 1.54) is 12.1 Å². The number of anilines is 1. The minimum atomic E-state index is -0.285. The Morgan fingerprint density at radius 2 is 1.56 bits per heavy atom. The first kappa shape index (κ1) is 16.3. The number of carbonyl (C=O) groups is 2. The van der Waals surface area contributed by atoms with Crippen LogP contribution in [0, 0.1) is 0 Å². The Kier molecular flexibility index (Phi) is 4.76. The van der Waals surface area contributed by atoms with Gasteiger partial charge in [-0.25, -0.2) is 0 Å². The molecule has 0 aromatic heterocycles. The van der Waals surface area contributed by atoms with Gasteiger partial charge >= 0.3 is 0 Å². The summed E-state index contributed by atoms with van der Waals surface area (Å²) in [6.45, 7) is 0. The molecule has 0 spiro atoms. The molecule has 0 aliphatic heterocycles. The van der Waals surface area contributed by atoms with Crippen LogP contribution in [0.4, 0.5) is 5.69 Å². The molecule has 124 valence electrons. The first-order chi connectivity index (χ1) is 12.1. The zero-order valence-electron chi connectivity index (χ0n) is 13.2. The molecule has 0 atom stereocenters. The van der Waals surface area contributed by atoms with Crippen LogP contribution in [0.5, 0.6) is 17.2 Å². The number of ether oxygens (including phenoxy) is 1. The van der Waals surface area contributed by atoms with Crippen molar-refractivity contribution in [3.05, 3.63) is 83.9 Å². The third-order valence-electron chi connectivity index (χ3n) is 3.47. The second-order valence-corrected chi connectivity index (χ2v) is 5.32. The minimum absolute atomic E-state index is 0.0853. The van der Waals surface area contributed by atoms with Gasteiger partial charge in [0.15, 0.2) is 0 Å². The van der Waals surface area contributed by atoms with Crippen LogP contribution in [0.25, 0.3) is 0 Å². The first-order valence-corrected chi connectivity index (χ1v) is 7.57. The lowest BCUT2D eigenvalue weighted by atomic mass is 10.2. The summed E-state index contributed by atoms with van der Waals surface area (Å²) in [5.41, 5.74) is 1.55. The monoisotopic (exact) mass is 333 g/mol. The van der Waals surface area contributed by atoms with Crippen LogP contribution >= 0.6 is 0 Å². The Hall–Kier alpha value is -3.60. The highest BCUT2D eigenvalue weighted by atomic mass is 16.5. The van der Waals surface area contributed by atoms with Crippen molar-refractivity contribution >= 4 is 17.9 Å². The van der Waals surface area contributed by atoms with E-state index >= 15 is 0 Å². The highest BCUT2D eigenvalue weighted by Gasteiger charge is 2.07. The van der Waals surface area contributed by atoms with Gasteiger partial charge < -0.3 is 15.2 Å². The molecule has 0 saturated heterocycles. The molecule has 25 heavy (non-hydrogen) atoms. The van der Waals surface area contributed by atoms with Gasteiger partial charge in [0.1, 0.15) is 23.5 Å². The van der Waals surface area contributed by atoms with Crippen molar-refractivity contribution in [2.75, 3.05) is 5.32 Å². The standard InChI is InChI=1S/C20H15NO4/c22-13-14-4-8-18(9-5-14)25-19-10-6-15(7-11-19)20(24)21-16-2-1-3-17(23)12-16/h1-13,23H,(H,21,24). The number of benzene rings is 3. The summed E-state index contributed by atoms with van der Waals surface area (Å²) < 4.78 is 5.67. The van der Waals surface area contributed by atoms with Gasteiger partial charge in [0.25, 0.3) is 5.91 Å². The van der Waals surface area contributed by atoms with E-state index in [-0.39, 0.29) is 11.7 Å². The van der Waals surface area contributed by atoms with Crippen LogP contribution in [-0.2, 0) is 0 Å². The maximum atomic E-state index is 12.2. The molecule has 3 aromatic carbocycles. The smallest absolute Gasteiger partial charge is 0.255 e. The number of rotatable bonds is 5. The maximum Gasteiger partial charge on any atom is 0.255 e. The van der Waals surface area contributed by atoms with Gasteiger partial charge in [-0.15, -0.1) is 0 Å². The molecule has 2 N–H and O–H groups in total. The van der Waals surface area contributed by atoms with E-state index in [1.54, 1.807) is 60.7 Å². The molecule has 0 unspecified atom stereocenters. The number of phenolic OH excluding ortho intramolecular Hbond substituents is 1. The largest absolute Gasteiger partial charge is 0.508 e. The number of phenols is 1. The highest BCUT2D eigenvalue weighted by Crippen LogP contribution is 2.22. The Labute approximate surface area is 144 Å². The molecule has 5 heteroatoms. The van der Waals surface area contributed by atoms with Gasteiger partial charge in [-0.2, -0.15) is 0 Å². The SMILES string of the molecule is O=Cc1ccc(Oc2ccc(C(=O)Nc3cccc(O)c3)cc2)cc1. The van der Waals surface area contributed by atoms with E-state index in [0.29, 0.717) is 28.3 Å². The molecule has 0 saturated carbocycles. The van der Waals surface area contributed by atoms with Crippen LogP contribution < -0.4 is 10.1 Å². The summed E-state index contributed by atoms with van der Waals surface area (Å²) in [5.74, 6) is 0.977. The minimum Gasteiger partial charge on any atom is -0.508 e. The van der Waals surface area contributed by atoms with Gasteiger partial charge in [-0.3, -0.25) is 9.59 Å². The summed E-state index contributed by atoms with van der Waals surface area (Å²) in [5, 5.41) is 12.1. The van der Waals surface area contributed by atoms with Crippen molar-refractivity contribution in [1.29, 1.82) is 0 Å². The third kappa shape index (κ3) is 4.23. The lowest BCUT2D eigenvalue weighted by Gasteiger charge is -2.08. The van der Waals surface area contributed by atoms with Crippen molar-refractivity contribution in [2.45, 2.75) is 0 Å². The predicted molar refractivity (Wildman–Crippen MR) is 94.4 cm³/mol. The fourth-order valence-corrected chi connectivity index (χ4v) is 2.21. The van der Waals surface area contributed by atoms with Gasteiger partial charge in [-0.1, -0.05) is 6.07 Å². The molecule has 0 bridgehead atoms. The molecule has 0 radical (unpaired) electrons. The molecule has 0 heterocycles. The lowest BCUT2D eigenvalue weighted by Crippen LogP contribution is -2.11. The molecule has 0 aliphatic rings. The number of carbonyl (C=O) groups excluding carboxylic acids is 2. The quantitative estimate of drug-likeness (QED) is 0.685. The zero-order chi connectivity index (χ0) is 17.6. The molecular formula is C20H15NO4. The van der Waals surface area contributed by atoms with Crippen LogP contribution in [-0.4, -0.2) is 17.3 Å². The number of aldehydes is 1. The van der Waals surface area contributed by atoms with Crippen LogP contribution in [0.2, 0.25) is 0 Å². The topological polar surface area (TPSA) is 75.6 Å². The number of hydrogen-bond donors (Lipinski definition) is 2. The highest BCUT2D eigenvalue weighted by molar-refractivity contribution is 6.04. The molecule has 3 aromatic rings. The Balaban J connectivity index is 1.66. The van der Waals surface area contributed by atoms with E-state index in [9.17, 15) is 14.7 Å². The van der Waals surface area contributed by atoms with Gasteiger partial charge in [0, 0.05) is 22.9 Å². The summed E-state index contributed by atoms with van der Waals surface area (Å²) >= 11 is 0. The average molecular weight is 333 g/mol. The Morgan fingerprint density at radius 3 is 2.16 bits per heavy atom. The second kappa shape index (κ2) is 7.31. The lowest BCUT2D eigenvalue weighted by molar-refractivity contribution is 0.102. The molecule has 3 rings (SSSR count). The van der Waals surface area contributed by atoms with Crippen LogP contribution in [0.3, 0.4) is 0 Å². The number of hydrogen-bond acceptors (Lipinski definition) is 4. The Bertz CT molecular complexity index is 886. The fourth-order valence-electron chi connectivity index (χ4n) is 2.21. The summed E-state index contributed by atoms with van der Waals surface area (Å²) in [6, 6.07) is 19.7. The fraction of sp³-hybridized carbons (Fsp3) is 0. The van der Waals surface area contributed by atoms with Crippen molar-refractivity contribution in [1.82, 2.24) is 0 Å². The number of nitrogens with one attached hydrogen (secondary N) is 1. The van der Waals surface area contributed by atoms with E-state index in [4.69, 9.17) is 4.74 Å². The second-order valence-electron chi connectivity index (χ2n) is 5.32. The number of amides is 1. The van der Waals surface area contributed by atoms with E-state index < -0.39 is 0 Å². The molecule has 1 amide bonds. The first-order valence-electron chi connectivity index (χ1n) is 7.57.